The van der Waals surface area contributed by atoms with Crippen molar-refractivity contribution in [3.63, 3.8) is 0 Å². The van der Waals surface area contributed by atoms with Crippen molar-refractivity contribution in [3.8, 4) is 0 Å². The Labute approximate surface area is 48.7 Å². The number of nitrogens with zero attached hydrogens (tertiary/aromatic N) is 1. The highest BCUT2D eigenvalue weighted by Crippen LogP contribution is 1.68. The van der Waals surface area contributed by atoms with E-state index < -0.39 is 0 Å². The molecule has 0 unspecified atom stereocenters. The average molecular weight is 116 g/mol. The zero-order valence-electron chi connectivity index (χ0n) is 4.13. The van der Waals surface area contributed by atoms with Gasteiger partial charge in [-0.2, -0.15) is 0 Å². The lowest BCUT2D eigenvalue weighted by Crippen LogP contribution is -1.97. The largest absolute Gasteiger partial charge is 0.353 e. The summed E-state index contributed by atoms with van der Waals surface area (Å²) in [5.74, 6) is 0. The van der Waals surface area contributed by atoms with Gasteiger partial charge in [-0.05, 0) is 5.41 Å². The fraction of sp³-hybridized carbons (Fsp3) is 0.250. The highest BCUT2D eigenvalue weighted by Gasteiger charge is 1.56. The minimum Gasteiger partial charge on any atom is -0.353 e. The van der Waals surface area contributed by atoms with E-state index in [4.69, 9.17) is 0 Å². The van der Waals surface area contributed by atoms with Crippen LogP contribution >= 0.6 is 12.6 Å². The number of rotatable bonds is 2. The molecule has 2 nitrogen and oxygen atoms in total. The topological polar surface area (TPSA) is 24.4 Å². The molecule has 0 aliphatic carbocycles. The van der Waals surface area contributed by atoms with E-state index in [0.717, 1.165) is 0 Å². The highest BCUT2D eigenvalue weighted by molar-refractivity contribution is 7.83. The van der Waals surface area contributed by atoms with Crippen molar-refractivity contribution in [2.75, 3.05) is 7.05 Å². The van der Waals surface area contributed by atoms with E-state index in [1.165, 1.54) is 0 Å². The molecule has 40 valence electrons. The summed E-state index contributed by atoms with van der Waals surface area (Å²) >= 11 is 3.79. The molecule has 0 heterocycles. The minimum absolute atomic E-state index is 1.58. The molecule has 1 N–H and O–H groups in total. The van der Waals surface area contributed by atoms with Gasteiger partial charge in [-0.25, -0.2) is 0 Å². The third kappa shape index (κ3) is 5.56. The lowest BCUT2D eigenvalue weighted by Gasteiger charge is -1.80. The smallest absolute Gasteiger partial charge is 0.0860 e. The Morgan fingerprint density at radius 1 is 1.71 bits per heavy atom. The summed E-state index contributed by atoms with van der Waals surface area (Å²) in [6.45, 7) is 0. The molecule has 0 bridgehead atoms. The zero-order valence-corrected chi connectivity index (χ0v) is 5.02. The molecule has 0 radical (unpaired) electrons. The first-order valence-electron chi connectivity index (χ1n) is 1.87. The monoisotopic (exact) mass is 116 g/mol. The van der Waals surface area contributed by atoms with Crippen molar-refractivity contribution in [2.45, 2.75) is 0 Å². The van der Waals surface area contributed by atoms with Crippen molar-refractivity contribution >= 4 is 19.0 Å². The van der Waals surface area contributed by atoms with E-state index in [1.54, 1.807) is 25.0 Å². The average Bonchev–Trinajstić information content (AvgIpc) is 1.69. The Morgan fingerprint density at radius 2 is 2.43 bits per heavy atom. The van der Waals surface area contributed by atoms with Gasteiger partial charge in [0.05, 0.1) is 6.34 Å². The van der Waals surface area contributed by atoms with E-state index in [0.29, 0.717) is 0 Å². The van der Waals surface area contributed by atoms with Crippen molar-refractivity contribution in [3.05, 3.63) is 11.6 Å². The Bertz CT molecular complexity index is 67.8. The summed E-state index contributed by atoms with van der Waals surface area (Å²) in [4.78, 5) is 3.65. The molecule has 0 spiro atoms. The van der Waals surface area contributed by atoms with E-state index in [2.05, 4.69) is 22.9 Å². The van der Waals surface area contributed by atoms with Crippen LogP contribution in [-0.2, 0) is 0 Å². The molecule has 0 aliphatic rings. The maximum atomic E-state index is 3.79. The van der Waals surface area contributed by atoms with Crippen molar-refractivity contribution in [2.24, 2.45) is 4.99 Å². The fourth-order valence-corrected chi connectivity index (χ4v) is 0.247. The van der Waals surface area contributed by atoms with Crippen LogP contribution < -0.4 is 5.32 Å². The zero-order chi connectivity index (χ0) is 5.54. The van der Waals surface area contributed by atoms with Crippen LogP contribution in [0.5, 0.6) is 0 Å². The SMILES string of the molecule is CN=CN/C=C\S. The first-order chi connectivity index (χ1) is 3.41. The standard InChI is InChI=1S/C4H8N2S/c1-5-4-6-2-3-7/h2-4,7H,1H3,(H,5,6)/b3-2-. The second-order valence-electron chi connectivity index (χ2n) is 0.870. The lowest BCUT2D eigenvalue weighted by molar-refractivity contribution is 1.29. The second kappa shape index (κ2) is 5.56. The maximum absolute atomic E-state index is 3.79. The molecular weight excluding hydrogens is 108 g/mol. The first-order valence-corrected chi connectivity index (χ1v) is 2.39. The molecule has 0 aliphatic heterocycles. The van der Waals surface area contributed by atoms with Gasteiger partial charge in [-0.1, -0.05) is 0 Å². The molecule has 0 saturated heterocycles. The molecule has 7 heavy (non-hydrogen) atoms. The van der Waals surface area contributed by atoms with Crippen LogP contribution in [0.15, 0.2) is 16.6 Å². The van der Waals surface area contributed by atoms with Crippen LogP contribution in [0.1, 0.15) is 0 Å². The van der Waals surface area contributed by atoms with Crippen LogP contribution in [0.25, 0.3) is 0 Å². The highest BCUT2D eigenvalue weighted by atomic mass is 32.1. The molecule has 0 atom stereocenters. The van der Waals surface area contributed by atoms with Crippen LogP contribution in [-0.4, -0.2) is 13.4 Å². The summed E-state index contributed by atoms with van der Waals surface area (Å²) in [6, 6.07) is 0. The van der Waals surface area contributed by atoms with E-state index >= 15 is 0 Å². The molecule has 0 aromatic rings. The molecule has 0 aromatic heterocycles. The van der Waals surface area contributed by atoms with Crippen LogP contribution in [0.2, 0.25) is 0 Å². The molecular formula is C4H8N2S. The van der Waals surface area contributed by atoms with E-state index in [9.17, 15) is 0 Å². The van der Waals surface area contributed by atoms with Crippen LogP contribution in [0, 0.1) is 0 Å². The summed E-state index contributed by atoms with van der Waals surface area (Å²) in [5, 5.41) is 4.34. The van der Waals surface area contributed by atoms with Gasteiger partial charge in [0.2, 0.25) is 0 Å². The van der Waals surface area contributed by atoms with Crippen LogP contribution in [0.3, 0.4) is 0 Å². The second-order valence-corrected chi connectivity index (χ2v) is 1.17. The first kappa shape index (κ1) is 6.56. The predicted octanol–water partition coefficient (Wildman–Crippen LogP) is 0.635. The van der Waals surface area contributed by atoms with E-state index in [1.807, 2.05) is 0 Å². The van der Waals surface area contributed by atoms with Gasteiger partial charge in [0.1, 0.15) is 0 Å². The molecule has 0 fully saturated rings. The van der Waals surface area contributed by atoms with Crippen molar-refractivity contribution in [1.82, 2.24) is 5.32 Å². The summed E-state index contributed by atoms with van der Waals surface area (Å²) in [7, 11) is 1.69. The van der Waals surface area contributed by atoms with Gasteiger partial charge < -0.3 is 5.32 Å². The molecule has 0 saturated carbocycles. The van der Waals surface area contributed by atoms with Crippen molar-refractivity contribution in [1.29, 1.82) is 0 Å². The molecule has 3 heteroatoms. The fourth-order valence-electron chi connectivity index (χ4n) is 0.161. The summed E-state index contributed by atoms with van der Waals surface area (Å²) < 4.78 is 0. The minimum atomic E-state index is 1.58. The number of hydrogen-bond acceptors (Lipinski definition) is 2. The van der Waals surface area contributed by atoms with Gasteiger partial charge in [0.25, 0.3) is 0 Å². The molecule has 0 amide bonds. The third-order valence-corrected chi connectivity index (χ3v) is 0.523. The Kier molecular flexibility index (Phi) is 5.21. The Morgan fingerprint density at radius 3 is 2.86 bits per heavy atom. The normalized spacial score (nSPS) is 11.1. The van der Waals surface area contributed by atoms with Crippen LogP contribution in [0.4, 0.5) is 0 Å². The number of thiol groups is 1. The van der Waals surface area contributed by atoms with Gasteiger partial charge in [0.15, 0.2) is 0 Å². The summed E-state index contributed by atoms with van der Waals surface area (Å²) in [5.41, 5.74) is 0. The third-order valence-electron chi connectivity index (χ3n) is 0.374. The molecule has 0 rings (SSSR count). The molecule has 0 aromatic carbocycles. The maximum Gasteiger partial charge on any atom is 0.0860 e. The van der Waals surface area contributed by atoms with E-state index in [-0.39, 0.29) is 0 Å². The van der Waals surface area contributed by atoms with Gasteiger partial charge >= 0.3 is 0 Å². The summed E-state index contributed by atoms with van der Waals surface area (Å²) in [6.07, 6.45) is 3.25. The van der Waals surface area contributed by atoms with Gasteiger partial charge in [0, 0.05) is 13.2 Å². The Balaban J connectivity index is 2.98. The number of hydrogen-bond donors (Lipinski definition) is 2. The predicted molar refractivity (Wildman–Crippen MR) is 35.7 cm³/mol. The van der Waals surface area contributed by atoms with Gasteiger partial charge in [-0.3, -0.25) is 4.99 Å². The van der Waals surface area contributed by atoms with Gasteiger partial charge in [-0.15, -0.1) is 12.6 Å². The number of aliphatic imine (C=N–C) groups is 1. The number of nitrogens with one attached hydrogen (secondary N) is 1. The lowest BCUT2D eigenvalue weighted by atomic mass is 11.0. The quantitative estimate of drug-likeness (QED) is 0.309. The Hall–Kier alpha value is -0.440. The van der Waals surface area contributed by atoms with Crippen molar-refractivity contribution < 1.29 is 0 Å².